The van der Waals surface area contributed by atoms with Crippen LogP contribution in [0.15, 0.2) is 18.6 Å². The predicted molar refractivity (Wildman–Crippen MR) is 117 cm³/mol. The normalized spacial score (nSPS) is 19.9. The highest BCUT2D eigenvalue weighted by atomic mass is 35.5. The smallest absolute Gasteiger partial charge is 0.328 e. The van der Waals surface area contributed by atoms with Crippen molar-refractivity contribution in [1.29, 1.82) is 0 Å². The molecule has 12 heteroatoms. The van der Waals surface area contributed by atoms with Crippen LogP contribution in [-0.2, 0) is 11.3 Å². The fraction of sp³-hybridized carbons (Fsp3) is 0.400. The number of ether oxygens (including phenoxy) is 3. The number of amides is 1. The van der Waals surface area contributed by atoms with Crippen molar-refractivity contribution in [3.05, 3.63) is 29.4 Å². The van der Waals surface area contributed by atoms with Gasteiger partial charge in [0, 0.05) is 6.54 Å². The number of hydrogen-bond donors (Lipinski definition) is 3. The minimum atomic E-state index is -0.520. The molecule has 168 valence electrons. The Balaban J connectivity index is 1.29. The molecule has 3 aromatic heterocycles. The zero-order valence-electron chi connectivity index (χ0n) is 18.2. The summed E-state index contributed by atoms with van der Waals surface area (Å²) in [6.45, 7) is 1.25. The molecular weight excluding hydrogens is 438 g/mol. The van der Waals surface area contributed by atoms with Gasteiger partial charge in [0.25, 0.3) is 0 Å². The van der Waals surface area contributed by atoms with Gasteiger partial charge < -0.3 is 30.6 Å². The molecule has 2 aliphatic rings. The van der Waals surface area contributed by atoms with Crippen molar-refractivity contribution in [2.45, 2.75) is 31.6 Å². The lowest BCUT2D eigenvalue weighted by Crippen LogP contribution is -2.52. The van der Waals surface area contributed by atoms with E-state index in [1.54, 1.807) is 12.3 Å². The van der Waals surface area contributed by atoms with Crippen LogP contribution in [0.4, 0.5) is 16.2 Å². The van der Waals surface area contributed by atoms with Gasteiger partial charge in [0.1, 0.15) is 25.5 Å². The van der Waals surface area contributed by atoms with Gasteiger partial charge in [0.15, 0.2) is 22.3 Å². The molecule has 5 rings (SSSR count). The summed E-state index contributed by atoms with van der Waals surface area (Å²) in [6.07, 6.45) is 2.63. The zero-order chi connectivity index (χ0) is 23.1. The number of carbonyl (C=O) groups is 1. The van der Waals surface area contributed by atoms with Gasteiger partial charge in [-0.15, -0.1) is 0 Å². The average Bonchev–Trinajstić information content (AvgIpc) is 3.13. The number of anilines is 2. The van der Waals surface area contributed by atoms with Gasteiger partial charge in [-0.25, -0.2) is 19.3 Å². The summed E-state index contributed by atoms with van der Waals surface area (Å²) >= 11 is 6.25. The summed E-state index contributed by atoms with van der Waals surface area (Å²) in [5.41, 5.74) is 8.14. The molecule has 4 heterocycles. The molecule has 4 N–H and O–H groups in total. The Morgan fingerprint density at radius 3 is 3.12 bits per heavy atom. The quantitative estimate of drug-likeness (QED) is 0.489. The number of nitrogen functional groups attached to an aromatic ring is 1. The number of nitrogens with one attached hydrogen (secondary N) is 2. The topological polar surface area (TPSA) is 138 Å². The van der Waals surface area contributed by atoms with E-state index in [1.165, 1.54) is 7.11 Å². The highest BCUT2D eigenvalue weighted by Gasteiger charge is 2.34. The SMILES string of the molecule is [2H]c1nc2c3c(c(Cl)nc2n1C(=O)N[C@@H]1CC[C@H]1OCc1cc(N)c(OC)cn1)OCCN3. The van der Waals surface area contributed by atoms with Crippen molar-refractivity contribution in [1.82, 2.24) is 24.8 Å². The maximum atomic E-state index is 13.0. The molecule has 1 aliphatic heterocycles. The molecule has 11 nitrogen and oxygen atoms in total. The van der Waals surface area contributed by atoms with Crippen LogP contribution in [0.1, 0.15) is 19.9 Å². The Morgan fingerprint density at radius 1 is 1.50 bits per heavy atom. The lowest BCUT2D eigenvalue weighted by molar-refractivity contribution is -0.0335. The molecular formula is C20H22ClN7O4. The lowest BCUT2D eigenvalue weighted by Gasteiger charge is -2.36. The summed E-state index contributed by atoms with van der Waals surface area (Å²) in [4.78, 5) is 25.7. The van der Waals surface area contributed by atoms with Gasteiger partial charge >= 0.3 is 6.03 Å². The van der Waals surface area contributed by atoms with Crippen molar-refractivity contribution in [3.8, 4) is 11.5 Å². The minimum Gasteiger partial charge on any atom is -0.493 e. The number of hydrogen-bond acceptors (Lipinski definition) is 9. The van der Waals surface area contributed by atoms with E-state index >= 15 is 0 Å². The maximum absolute atomic E-state index is 13.0. The first-order valence-electron chi connectivity index (χ1n) is 10.6. The van der Waals surface area contributed by atoms with E-state index in [2.05, 4.69) is 25.6 Å². The molecule has 32 heavy (non-hydrogen) atoms. The first kappa shape index (κ1) is 19.4. The first-order chi connectivity index (χ1) is 16.0. The Labute approximate surface area is 189 Å². The van der Waals surface area contributed by atoms with Crippen LogP contribution in [-0.4, -0.2) is 58.0 Å². The van der Waals surface area contributed by atoms with E-state index in [-0.39, 0.29) is 35.9 Å². The molecule has 0 spiro atoms. The Kier molecular flexibility index (Phi) is 5.04. The second-order valence-corrected chi connectivity index (χ2v) is 7.86. The summed E-state index contributed by atoms with van der Waals surface area (Å²) in [6, 6.07) is 0.954. The fourth-order valence-electron chi connectivity index (χ4n) is 3.70. The number of pyridine rings is 2. The van der Waals surface area contributed by atoms with Gasteiger partial charge in [0.2, 0.25) is 0 Å². The molecule has 1 saturated carbocycles. The van der Waals surface area contributed by atoms with Crippen molar-refractivity contribution in [3.63, 3.8) is 0 Å². The molecule has 0 saturated heterocycles. The van der Waals surface area contributed by atoms with Crippen LogP contribution < -0.4 is 25.8 Å². The number of imidazole rings is 1. The largest absolute Gasteiger partial charge is 0.493 e. The third-order valence-electron chi connectivity index (χ3n) is 5.53. The summed E-state index contributed by atoms with van der Waals surface area (Å²) in [5, 5.41) is 6.17. The van der Waals surface area contributed by atoms with Crippen LogP contribution in [0.25, 0.3) is 11.2 Å². The molecule has 0 unspecified atom stereocenters. The van der Waals surface area contributed by atoms with Crippen LogP contribution in [0.3, 0.4) is 0 Å². The molecule has 1 fully saturated rings. The van der Waals surface area contributed by atoms with Gasteiger partial charge in [-0.05, 0) is 18.9 Å². The van der Waals surface area contributed by atoms with E-state index in [1.807, 2.05) is 0 Å². The Bertz CT molecular complexity index is 1240. The second kappa shape index (κ2) is 8.32. The van der Waals surface area contributed by atoms with Gasteiger partial charge in [-0.3, -0.25) is 4.98 Å². The van der Waals surface area contributed by atoms with Crippen molar-refractivity contribution < 1.29 is 20.4 Å². The van der Waals surface area contributed by atoms with E-state index in [0.29, 0.717) is 47.2 Å². The predicted octanol–water partition coefficient (Wildman–Crippen LogP) is 2.18. The van der Waals surface area contributed by atoms with Crippen molar-refractivity contribution in [2.24, 2.45) is 0 Å². The van der Waals surface area contributed by atoms with Gasteiger partial charge in [0.05, 0.1) is 43.4 Å². The highest BCUT2D eigenvalue weighted by molar-refractivity contribution is 6.32. The summed E-state index contributed by atoms with van der Waals surface area (Å²) in [7, 11) is 1.53. The third-order valence-corrected chi connectivity index (χ3v) is 5.79. The Morgan fingerprint density at radius 2 is 2.38 bits per heavy atom. The molecule has 0 radical (unpaired) electrons. The molecule has 3 aromatic rings. The van der Waals surface area contributed by atoms with Crippen LogP contribution in [0.2, 0.25) is 5.15 Å². The zero-order valence-corrected chi connectivity index (χ0v) is 18.0. The fourth-order valence-corrected chi connectivity index (χ4v) is 3.93. The van der Waals surface area contributed by atoms with E-state index < -0.39 is 6.03 Å². The monoisotopic (exact) mass is 460 g/mol. The van der Waals surface area contributed by atoms with Crippen LogP contribution in [0.5, 0.6) is 11.5 Å². The average molecular weight is 461 g/mol. The number of halogens is 1. The standard InChI is InChI=1S/C20H22ClN7O4/c1-30-14-7-24-10(6-11(14)22)8-32-13-3-2-12(13)26-20(29)28-9-25-16-15-17(31-5-4-23-15)18(21)27-19(16)28/h6-7,9,12-13,23H,2-5,8H2,1H3,(H2,22,24)(H,26,29)/t12-,13-/m1/s1/i9D. The summed E-state index contributed by atoms with van der Waals surface area (Å²) < 4.78 is 25.9. The molecule has 0 aromatic carbocycles. The molecule has 1 aliphatic carbocycles. The van der Waals surface area contributed by atoms with Crippen LogP contribution in [0, 0.1) is 0 Å². The number of carbonyl (C=O) groups excluding carboxylic acids is 1. The number of fused-ring (bicyclic) bond motifs is 3. The Hall–Kier alpha value is -3.31. The van der Waals surface area contributed by atoms with Gasteiger partial charge in [-0.1, -0.05) is 11.6 Å². The van der Waals surface area contributed by atoms with E-state index in [0.717, 1.165) is 17.4 Å². The second-order valence-electron chi connectivity index (χ2n) is 7.50. The van der Waals surface area contributed by atoms with Gasteiger partial charge in [-0.2, -0.15) is 0 Å². The number of nitrogens with two attached hydrogens (primary N) is 1. The van der Waals surface area contributed by atoms with Crippen LogP contribution >= 0.6 is 11.6 Å². The highest BCUT2D eigenvalue weighted by Crippen LogP contribution is 2.38. The number of nitrogens with zero attached hydrogens (tertiary/aromatic N) is 4. The molecule has 1 amide bonds. The number of rotatable bonds is 5. The molecule has 2 atom stereocenters. The third kappa shape index (κ3) is 3.63. The molecule has 0 bridgehead atoms. The van der Waals surface area contributed by atoms with Crippen molar-refractivity contribution >= 4 is 40.2 Å². The van der Waals surface area contributed by atoms with E-state index in [9.17, 15) is 4.79 Å². The lowest BCUT2D eigenvalue weighted by atomic mass is 9.89. The number of methoxy groups -OCH3 is 1. The maximum Gasteiger partial charge on any atom is 0.328 e. The summed E-state index contributed by atoms with van der Waals surface area (Å²) in [5.74, 6) is 0.878. The van der Waals surface area contributed by atoms with E-state index in [4.69, 9.17) is 32.9 Å². The number of aromatic nitrogens is 4. The minimum absolute atomic E-state index is 0.106. The van der Waals surface area contributed by atoms with Crippen molar-refractivity contribution in [2.75, 3.05) is 31.3 Å². The first-order valence-corrected chi connectivity index (χ1v) is 10.5.